The van der Waals surface area contributed by atoms with Gasteiger partial charge in [-0.2, -0.15) is 0 Å². The number of amides is 2. The van der Waals surface area contributed by atoms with Crippen molar-refractivity contribution in [2.75, 3.05) is 6.54 Å². The van der Waals surface area contributed by atoms with Gasteiger partial charge in [0.25, 0.3) is 0 Å². The number of carbonyl (C=O) groups excluding carboxylic acids is 3. The Hall–Kier alpha value is -1.45. The van der Waals surface area contributed by atoms with Crippen LogP contribution >= 0.6 is 0 Å². The molecule has 0 N–H and O–H groups in total. The third-order valence-corrected chi connectivity index (χ3v) is 2.79. The first-order valence-electron chi connectivity index (χ1n) is 4.71. The van der Waals surface area contributed by atoms with Crippen LogP contribution in [-0.4, -0.2) is 29.0 Å². The molecule has 0 bridgehead atoms. The van der Waals surface area contributed by atoms with E-state index < -0.39 is 5.92 Å². The maximum Gasteiger partial charge on any atom is 0.236 e. The smallest absolute Gasteiger partial charge is 0.236 e. The number of fused-ring (bicyclic) bond motifs is 1. The zero-order valence-corrected chi connectivity index (χ0v) is 7.90. The van der Waals surface area contributed by atoms with Crippen molar-refractivity contribution >= 4 is 17.6 Å². The van der Waals surface area contributed by atoms with Crippen molar-refractivity contribution in [3.05, 3.63) is 12.2 Å². The van der Waals surface area contributed by atoms with Gasteiger partial charge < -0.3 is 0 Å². The van der Waals surface area contributed by atoms with Gasteiger partial charge in [-0.25, -0.2) is 0 Å². The minimum Gasteiger partial charge on any atom is -0.295 e. The van der Waals surface area contributed by atoms with Gasteiger partial charge in [0, 0.05) is 13.0 Å². The Bertz CT molecular complexity index is 345. The van der Waals surface area contributed by atoms with Crippen LogP contribution < -0.4 is 0 Å². The summed E-state index contributed by atoms with van der Waals surface area (Å²) in [7, 11) is 0. The first-order valence-corrected chi connectivity index (χ1v) is 4.71. The summed E-state index contributed by atoms with van der Waals surface area (Å²) in [5.41, 5.74) is 0. The fourth-order valence-corrected chi connectivity index (χ4v) is 2.05. The summed E-state index contributed by atoms with van der Waals surface area (Å²) < 4.78 is 0. The normalized spacial score (nSPS) is 31.2. The molecule has 2 aliphatic rings. The summed E-state index contributed by atoms with van der Waals surface area (Å²) in [4.78, 5) is 35.6. The highest BCUT2D eigenvalue weighted by Gasteiger charge is 2.47. The Morgan fingerprint density at radius 3 is 2.71 bits per heavy atom. The summed E-state index contributed by atoms with van der Waals surface area (Å²) in [5, 5.41) is 0. The number of hydrogen-bond donors (Lipinski definition) is 0. The number of likely N-dealkylation sites (tertiary alicyclic amines) is 1. The topological polar surface area (TPSA) is 54.5 Å². The van der Waals surface area contributed by atoms with Gasteiger partial charge in [0.2, 0.25) is 11.8 Å². The molecule has 1 saturated heterocycles. The third kappa shape index (κ3) is 1.10. The molecule has 0 aromatic carbocycles. The minimum atomic E-state index is -0.431. The van der Waals surface area contributed by atoms with E-state index in [0.717, 1.165) is 0 Å². The van der Waals surface area contributed by atoms with E-state index in [9.17, 15) is 14.4 Å². The van der Waals surface area contributed by atoms with Crippen molar-refractivity contribution in [1.29, 1.82) is 0 Å². The van der Waals surface area contributed by atoms with Crippen molar-refractivity contribution in [3.8, 4) is 0 Å². The van der Waals surface area contributed by atoms with Crippen LogP contribution in [0.4, 0.5) is 0 Å². The molecule has 2 rings (SSSR count). The highest BCUT2D eigenvalue weighted by Crippen LogP contribution is 2.32. The zero-order valence-electron chi connectivity index (χ0n) is 7.90. The van der Waals surface area contributed by atoms with Crippen molar-refractivity contribution in [2.24, 2.45) is 11.8 Å². The van der Waals surface area contributed by atoms with Crippen LogP contribution in [0.2, 0.25) is 0 Å². The lowest BCUT2D eigenvalue weighted by atomic mass is 9.85. The van der Waals surface area contributed by atoms with Crippen molar-refractivity contribution in [1.82, 2.24) is 4.90 Å². The molecule has 1 heterocycles. The van der Waals surface area contributed by atoms with Crippen LogP contribution in [0.15, 0.2) is 12.2 Å². The van der Waals surface area contributed by atoms with E-state index in [4.69, 9.17) is 0 Å². The number of allylic oxidation sites excluding steroid dienone is 1. The highest BCUT2D eigenvalue weighted by atomic mass is 16.2. The lowest BCUT2D eigenvalue weighted by Gasteiger charge is -2.13. The molecule has 1 aliphatic heterocycles. The second-order valence-electron chi connectivity index (χ2n) is 3.58. The van der Waals surface area contributed by atoms with Crippen LogP contribution in [0.3, 0.4) is 0 Å². The van der Waals surface area contributed by atoms with Gasteiger partial charge in [-0.05, 0) is 13.0 Å². The van der Waals surface area contributed by atoms with Gasteiger partial charge in [0.05, 0.1) is 11.8 Å². The molecule has 1 aliphatic carbocycles. The molecule has 1 fully saturated rings. The fourth-order valence-electron chi connectivity index (χ4n) is 2.05. The molecule has 0 aromatic rings. The molecule has 2 amide bonds. The summed E-state index contributed by atoms with van der Waals surface area (Å²) >= 11 is 0. The van der Waals surface area contributed by atoms with Gasteiger partial charge in [-0.1, -0.05) is 6.08 Å². The van der Waals surface area contributed by atoms with E-state index in [1.165, 1.54) is 11.0 Å². The van der Waals surface area contributed by atoms with E-state index in [0.29, 0.717) is 6.54 Å². The molecule has 0 radical (unpaired) electrons. The fraction of sp³-hybridized carbons (Fsp3) is 0.500. The second kappa shape index (κ2) is 3.04. The molecule has 0 spiro atoms. The number of imide groups is 1. The molecule has 4 heteroatoms. The molecule has 14 heavy (non-hydrogen) atoms. The average molecular weight is 193 g/mol. The van der Waals surface area contributed by atoms with Gasteiger partial charge in [0.1, 0.15) is 0 Å². The number of nitrogens with zero attached hydrogens (tertiary/aromatic N) is 1. The first-order chi connectivity index (χ1) is 6.65. The largest absolute Gasteiger partial charge is 0.295 e. The molecule has 74 valence electrons. The predicted octanol–water partition coefficient (Wildman–Crippen LogP) is 0.137. The summed E-state index contributed by atoms with van der Waals surface area (Å²) in [6.45, 7) is 2.16. The van der Waals surface area contributed by atoms with Crippen LogP contribution in [0.25, 0.3) is 0 Å². The van der Waals surface area contributed by atoms with Gasteiger partial charge in [-0.15, -0.1) is 0 Å². The summed E-state index contributed by atoms with van der Waals surface area (Å²) in [6, 6.07) is 0. The Labute approximate surface area is 81.6 Å². The summed E-state index contributed by atoms with van der Waals surface area (Å²) in [5.74, 6) is -1.24. The van der Waals surface area contributed by atoms with Crippen LogP contribution in [0.5, 0.6) is 0 Å². The minimum absolute atomic E-state index is 0.0645. The maximum absolute atomic E-state index is 11.6. The molecular formula is C10H11NO3. The van der Waals surface area contributed by atoms with E-state index >= 15 is 0 Å². The standard InChI is InChI=1S/C10H11NO3/c1-2-11-9(13)7-4-3-6(12)5-8(7)10(11)14/h3-4,7-8H,2,5H2,1H3/t7-,8+/m1/s1. The monoisotopic (exact) mass is 193 g/mol. The first kappa shape index (κ1) is 9.12. The van der Waals surface area contributed by atoms with Crippen LogP contribution in [0, 0.1) is 11.8 Å². The maximum atomic E-state index is 11.6. The van der Waals surface area contributed by atoms with Crippen molar-refractivity contribution < 1.29 is 14.4 Å². The number of carbonyl (C=O) groups is 3. The van der Waals surface area contributed by atoms with Crippen molar-refractivity contribution in [2.45, 2.75) is 13.3 Å². The predicted molar refractivity (Wildman–Crippen MR) is 48.1 cm³/mol. The molecule has 4 nitrogen and oxygen atoms in total. The lowest BCUT2D eigenvalue weighted by molar-refractivity contribution is -0.139. The molecule has 2 atom stereocenters. The zero-order chi connectivity index (χ0) is 10.3. The number of ketones is 1. The van der Waals surface area contributed by atoms with Crippen LogP contribution in [-0.2, 0) is 14.4 Å². The molecule has 0 aromatic heterocycles. The third-order valence-electron chi connectivity index (χ3n) is 2.79. The SMILES string of the molecule is CCN1C(=O)[C@H]2CC(=O)C=C[C@H]2C1=O. The van der Waals surface area contributed by atoms with E-state index in [1.807, 2.05) is 0 Å². The Morgan fingerprint density at radius 1 is 1.36 bits per heavy atom. The Morgan fingerprint density at radius 2 is 2.07 bits per heavy atom. The van der Waals surface area contributed by atoms with Gasteiger partial charge in [-0.3, -0.25) is 19.3 Å². The quantitative estimate of drug-likeness (QED) is 0.556. The second-order valence-corrected chi connectivity index (χ2v) is 3.58. The Kier molecular flexibility index (Phi) is 1.98. The van der Waals surface area contributed by atoms with Gasteiger partial charge >= 0.3 is 0 Å². The highest BCUT2D eigenvalue weighted by molar-refractivity contribution is 6.09. The lowest BCUT2D eigenvalue weighted by Crippen LogP contribution is -2.30. The summed E-state index contributed by atoms with van der Waals surface area (Å²) in [6.07, 6.45) is 3.15. The van der Waals surface area contributed by atoms with Crippen molar-refractivity contribution in [3.63, 3.8) is 0 Å². The van der Waals surface area contributed by atoms with Gasteiger partial charge in [0.15, 0.2) is 5.78 Å². The molecule has 0 unspecified atom stereocenters. The Balaban J connectivity index is 2.34. The van der Waals surface area contributed by atoms with E-state index in [2.05, 4.69) is 0 Å². The van der Waals surface area contributed by atoms with Crippen LogP contribution in [0.1, 0.15) is 13.3 Å². The number of rotatable bonds is 1. The molecule has 0 saturated carbocycles. The van der Waals surface area contributed by atoms with E-state index in [1.54, 1.807) is 13.0 Å². The number of hydrogen-bond acceptors (Lipinski definition) is 3. The average Bonchev–Trinajstić information content (AvgIpc) is 2.39. The molecular weight excluding hydrogens is 182 g/mol. The van der Waals surface area contributed by atoms with E-state index in [-0.39, 0.29) is 29.9 Å².